The fourth-order valence-corrected chi connectivity index (χ4v) is 4.96. The van der Waals surface area contributed by atoms with Crippen LogP contribution in [-0.2, 0) is 24.4 Å². The SMILES string of the molecule is C[NH+]1CCc2c(sc3ncn4nc(CO/N=C\c5ccccc5Cl)nc4c23)C1. The molecule has 0 saturated heterocycles. The van der Waals surface area contributed by atoms with Gasteiger partial charge in [-0.2, -0.15) is 0 Å². The van der Waals surface area contributed by atoms with Gasteiger partial charge in [0.05, 0.1) is 30.1 Å². The molecule has 0 spiro atoms. The number of hydrogen-bond donors (Lipinski definition) is 1. The summed E-state index contributed by atoms with van der Waals surface area (Å²) in [6, 6.07) is 7.46. The average Bonchev–Trinajstić information content (AvgIpc) is 3.26. The van der Waals surface area contributed by atoms with Crippen molar-refractivity contribution in [2.24, 2.45) is 5.16 Å². The fraction of sp³-hybridized carbons (Fsp3) is 0.263. The molecule has 28 heavy (non-hydrogen) atoms. The monoisotopic (exact) mass is 413 g/mol. The quantitative estimate of drug-likeness (QED) is 0.411. The minimum absolute atomic E-state index is 0.184. The number of thiophene rings is 1. The van der Waals surface area contributed by atoms with Crippen molar-refractivity contribution in [2.45, 2.75) is 19.6 Å². The lowest BCUT2D eigenvalue weighted by molar-refractivity contribution is -0.895. The summed E-state index contributed by atoms with van der Waals surface area (Å²) in [6.45, 7) is 2.35. The van der Waals surface area contributed by atoms with Crippen LogP contribution < -0.4 is 4.90 Å². The van der Waals surface area contributed by atoms with Crippen molar-refractivity contribution >= 4 is 45.0 Å². The number of nitrogens with one attached hydrogen (secondary N) is 1. The lowest BCUT2D eigenvalue weighted by Gasteiger charge is -2.19. The van der Waals surface area contributed by atoms with Crippen LogP contribution in [0.15, 0.2) is 35.7 Å². The van der Waals surface area contributed by atoms with Crippen molar-refractivity contribution in [1.82, 2.24) is 19.6 Å². The molecule has 3 aromatic heterocycles. The Labute approximate surface area is 170 Å². The maximum absolute atomic E-state index is 6.10. The predicted octanol–water partition coefficient (Wildman–Crippen LogP) is 2.11. The third kappa shape index (κ3) is 3.13. The Morgan fingerprint density at radius 1 is 1.39 bits per heavy atom. The zero-order valence-electron chi connectivity index (χ0n) is 15.2. The normalized spacial score (nSPS) is 16.9. The summed E-state index contributed by atoms with van der Waals surface area (Å²) < 4.78 is 1.73. The molecule has 9 heteroatoms. The molecule has 1 aromatic carbocycles. The molecule has 0 radical (unpaired) electrons. The summed E-state index contributed by atoms with van der Waals surface area (Å²) >= 11 is 7.87. The van der Waals surface area contributed by atoms with E-state index in [1.54, 1.807) is 28.4 Å². The van der Waals surface area contributed by atoms with Gasteiger partial charge in [-0.3, -0.25) is 0 Å². The molecule has 0 amide bonds. The molecule has 4 heterocycles. The van der Waals surface area contributed by atoms with E-state index >= 15 is 0 Å². The summed E-state index contributed by atoms with van der Waals surface area (Å²) in [4.78, 5) is 18.6. The fourth-order valence-electron chi connectivity index (χ4n) is 3.48. The zero-order chi connectivity index (χ0) is 19.1. The molecular weight excluding hydrogens is 396 g/mol. The van der Waals surface area contributed by atoms with Crippen molar-refractivity contribution in [3.63, 3.8) is 0 Å². The van der Waals surface area contributed by atoms with Gasteiger partial charge in [-0.25, -0.2) is 14.5 Å². The summed E-state index contributed by atoms with van der Waals surface area (Å²) in [5.74, 6) is 0.573. The van der Waals surface area contributed by atoms with E-state index in [2.05, 4.69) is 27.3 Å². The van der Waals surface area contributed by atoms with Gasteiger partial charge < -0.3 is 9.74 Å². The van der Waals surface area contributed by atoms with Gasteiger partial charge in [0.15, 0.2) is 18.1 Å². The van der Waals surface area contributed by atoms with Gasteiger partial charge in [0.2, 0.25) is 0 Å². The molecule has 5 rings (SSSR count). The molecule has 1 aliphatic rings. The summed E-state index contributed by atoms with van der Waals surface area (Å²) in [5.41, 5.74) is 3.02. The highest BCUT2D eigenvalue weighted by molar-refractivity contribution is 7.19. The standard InChI is InChI=1S/C19H17ClN6OS/c1-25-7-6-13-15(9-25)28-19-17(13)18-23-16(24-26(18)11-21-19)10-27-22-8-12-4-2-3-5-14(12)20/h2-5,8,11H,6-7,9-10H2,1H3/p+1/b22-8-. The van der Waals surface area contributed by atoms with Crippen LogP contribution in [0.5, 0.6) is 0 Å². The van der Waals surface area contributed by atoms with Crippen molar-refractivity contribution in [3.8, 4) is 0 Å². The summed E-state index contributed by atoms with van der Waals surface area (Å²) in [7, 11) is 2.23. The van der Waals surface area contributed by atoms with E-state index in [4.69, 9.17) is 16.4 Å². The van der Waals surface area contributed by atoms with Gasteiger partial charge in [-0.15, -0.1) is 16.4 Å². The van der Waals surface area contributed by atoms with Crippen LogP contribution in [0.25, 0.3) is 15.9 Å². The van der Waals surface area contributed by atoms with Crippen molar-refractivity contribution in [2.75, 3.05) is 13.6 Å². The van der Waals surface area contributed by atoms with E-state index in [0.717, 1.165) is 40.9 Å². The van der Waals surface area contributed by atoms with Gasteiger partial charge in [0, 0.05) is 17.0 Å². The Kier molecular flexibility index (Phi) is 4.46. The topological polar surface area (TPSA) is 69.1 Å². The second-order valence-electron chi connectivity index (χ2n) is 6.89. The molecule has 4 aromatic rings. The maximum Gasteiger partial charge on any atom is 0.192 e. The Bertz CT molecular complexity index is 1200. The largest absolute Gasteiger partial charge is 0.387 e. The minimum Gasteiger partial charge on any atom is -0.387 e. The van der Waals surface area contributed by atoms with E-state index in [1.807, 2.05) is 24.3 Å². The van der Waals surface area contributed by atoms with Crippen LogP contribution in [0, 0.1) is 0 Å². The number of quaternary nitrogens is 1. The van der Waals surface area contributed by atoms with E-state index in [-0.39, 0.29) is 6.61 Å². The van der Waals surface area contributed by atoms with Gasteiger partial charge in [-0.05, 0) is 11.6 Å². The van der Waals surface area contributed by atoms with E-state index in [0.29, 0.717) is 10.8 Å². The number of fused-ring (bicyclic) bond motifs is 5. The number of oxime groups is 1. The Balaban J connectivity index is 1.41. The minimum atomic E-state index is 0.184. The average molecular weight is 414 g/mol. The number of likely N-dealkylation sites (N-methyl/N-ethyl adjacent to an activating group) is 1. The predicted molar refractivity (Wildman–Crippen MR) is 109 cm³/mol. The van der Waals surface area contributed by atoms with Crippen LogP contribution in [0.4, 0.5) is 0 Å². The molecule has 142 valence electrons. The Morgan fingerprint density at radius 2 is 2.29 bits per heavy atom. The first kappa shape index (κ1) is 17.5. The van der Waals surface area contributed by atoms with Gasteiger partial charge >= 0.3 is 0 Å². The van der Waals surface area contributed by atoms with Gasteiger partial charge in [0.1, 0.15) is 17.7 Å². The highest BCUT2D eigenvalue weighted by Gasteiger charge is 2.24. The van der Waals surface area contributed by atoms with E-state index < -0.39 is 0 Å². The van der Waals surface area contributed by atoms with E-state index in [1.165, 1.54) is 15.3 Å². The molecule has 1 aliphatic heterocycles. The first-order valence-corrected chi connectivity index (χ1v) is 10.2. The van der Waals surface area contributed by atoms with E-state index in [9.17, 15) is 0 Å². The Morgan fingerprint density at radius 3 is 3.18 bits per heavy atom. The lowest BCUT2D eigenvalue weighted by atomic mass is 10.1. The number of benzene rings is 1. The molecular formula is C19H18ClN6OS+. The highest BCUT2D eigenvalue weighted by Crippen LogP contribution is 2.33. The van der Waals surface area contributed by atoms with Gasteiger partial charge in [0.25, 0.3) is 0 Å². The second-order valence-corrected chi connectivity index (χ2v) is 8.38. The molecule has 7 nitrogen and oxygen atoms in total. The van der Waals surface area contributed by atoms with Crippen molar-refractivity contribution in [1.29, 1.82) is 0 Å². The first-order valence-electron chi connectivity index (χ1n) is 9.04. The van der Waals surface area contributed by atoms with Crippen molar-refractivity contribution < 1.29 is 9.74 Å². The molecule has 0 bridgehead atoms. The highest BCUT2D eigenvalue weighted by atomic mass is 35.5. The number of rotatable bonds is 4. The van der Waals surface area contributed by atoms with Crippen molar-refractivity contribution in [3.05, 3.63) is 57.4 Å². The third-order valence-electron chi connectivity index (χ3n) is 4.88. The van der Waals surface area contributed by atoms with Crippen LogP contribution >= 0.6 is 22.9 Å². The Hall–Kier alpha value is -2.55. The molecule has 1 N–H and O–H groups in total. The summed E-state index contributed by atoms with van der Waals surface area (Å²) in [6.07, 6.45) is 4.36. The lowest BCUT2D eigenvalue weighted by Crippen LogP contribution is -3.08. The van der Waals surface area contributed by atoms with Crippen LogP contribution in [0.1, 0.15) is 21.8 Å². The number of hydrogen-bond acceptors (Lipinski definition) is 6. The number of aromatic nitrogens is 4. The summed E-state index contributed by atoms with van der Waals surface area (Å²) in [5, 5.41) is 10.2. The molecule has 1 atom stereocenters. The zero-order valence-corrected chi connectivity index (χ0v) is 16.8. The second kappa shape index (κ2) is 7.12. The molecule has 0 saturated carbocycles. The van der Waals surface area contributed by atoms with Crippen LogP contribution in [0.2, 0.25) is 5.02 Å². The molecule has 1 unspecified atom stereocenters. The molecule has 0 aliphatic carbocycles. The molecule has 0 fully saturated rings. The number of nitrogens with zero attached hydrogens (tertiary/aromatic N) is 5. The third-order valence-corrected chi connectivity index (χ3v) is 6.37. The first-order chi connectivity index (χ1) is 13.7. The maximum atomic E-state index is 6.10. The van der Waals surface area contributed by atoms with Crippen LogP contribution in [-0.4, -0.2) is 39.4 Å². The van der Waals surface area contributed by atoms with Gasteiger partial charge in [-0.1, -0.05) is 35.0 Å². The van der Waals surface area contributed by atoms with Crippen LogP contribution in [0.3, 0.4) is 0 Å². The number of halogens is 1. The smallest absolute Gasteiger partial charge is 0.192 e.